The predicted molar refractivity (Wildman–Crippen MR) is 112 cm³/mol. The van der Waals surface area contributed by atoms with Gasteiger partial charge in [-0.05, 0) is 35.0 Å². The molecule has 0 fully saturated rings. The first-order valence-corrected chi connectivity index (χ1v) is 9.55. The van der Waals surface area contributed by atoms with Crippen molar-refractivity contribution >= 4 is 46.0 Å². The summed E-state index contributed by atoms with van der Waals surface area (Å²) in [6.07, 6.45) is 1.62. The summed E-state index contributed by atoms with van der Waals surface area (Å²) in [7, 11) is 0. The van der Waals surface area contributed by atoms with Gasteiger partial charge in [-0.15, -0.1) is 0 Å². The number of hydrogen-bond donors (Lipinski definition) is 1. The standard InChI is InChI=1S/C21H14ClN3OS/c22-18-7-3-1-6-16(18)20-11-17(15-5-2-4-8-19(15)24-20)21(26)25-23-12-14-9-10-27-13-14/h1-13H,(H,25,26)/b23-12-. The molecule has 4 aromatic rings. The fourth-order valence-corrected chi connectivity index (χ4v) is 3.59. The number of carbonyl (C=O) groups excluding carboxylic acids is 1. The largest absolute Gasteiger partial charge is 0.272 e. The Bertz CT molecular complexity index is 1140. The van der Waals surface area contributed by atoms with Crippen LogP contribution in [0.15, 0.2) is 76.5 Å². The van der Waals surface area contributed by atoms with Crippen LogP contribution in [-0.2, 0) is 0 Å². The lowest BCUT2D eigenvalue weighted by Gasteiger charge is -2.10. The van der Waals surface area contributed by atoms with E-state index in [1.54, 1.807) is 29.7 Å². The Kier molecular flexibility index (Phi) is 4.96. The molecule has 0 aliphatic rings. The first-order valence-electron chi connectivity index (χ1n) is 8.22. The van der Waals surface area contributed by atoms with E-state index >= 15 is 0 Å². The lowest BCUT2D eigenvalue weighted by molar-refractivity contribution is 0.0957. The van der Waals surface area contributed by atoms with Crippen molar-refractivity contribution in [3.63, 3.8) is 0 Å². The van der Waals surface area contributed by atoms with E-state index in [-0.39, 0.29) is 5.91 Å². The molecule has 2 aromatic carbocycles. The molecular weight excluding hydrogens is 378 g/mol. The molecule has 0 aliphatic carbocycles. The maximum absolute atomic E-state index is 12.8. The van der Waals surface area contributed by atoms with E-state index in [1.165, 1.54) is 0 Å². The van der Waals surface area contributed by atoms with Crippen LogP contribution in [0.2, 0.25) is 5.02 Å². The summed E-state index contributed by atoms with van der Waals surface area (Å²) in [6.45, 7) is 0. The summed E-state index contributed by atoms with van der Waals surface area (Å²) in [4.78, 5) is 17.4. The molecule has 6 heteroatoms. The van der Waals surface area contributed by atoms with E-state index in [0.717, 1.165) is 22.0 Å². The quantitative estimate of drug-likeness (QED) is 0.375. The smallest absolute Gasteiger partial charge is 0.267 e. The number of aromatic nitrogens is 1. The molecule has 0 radical (unpaired) electrons. The summed E-state index contributed by atoms with van der Waals surface area (Å²) in [5.41, 5.74) is 6.18. The van der Waals surface area contributed by atoms with Gasteiger partial charge in [0.15, 0.2) is 0 Å². The van der Waals surface area contributed by atoms with Crippen LogP contribution in [0.5, 0.6) is 0 Å². The van der Waals surface area contributed by atoms with Gasteiger partial charge in [0.1, 0.15) is 0 Å². The average molecular weight is 392 g/mol. The molecule has 4 rings (SSSR count). The zero-order valence-corrected chi connectivity index (χ0v) is 15.7. The van der Waals surface area contributed by atoms with Crippen LogP contribution in [0.25, 0.3) is 22.2 Å². The second-order valence-electron chi connectivity index (χ2n) is 5.81. The minimum absolute atomic E-state index is 0.298. The van der Waals surface area contributed by atoms with Crippen molar-refractivity contribution in [3.8, 4) is 11.3 Å². The van der Waals surface area contributed by atoms with Crippen molar-refractivity contribution in [1.82, 2.24) is 10.4 Å². The van der Waals surface area contributed by atoms with E-state index in [9.17, 15) is 4.79 Å². The molecule has 27 heavy (non-hydrogen) atoms. The third-order valence-corrected chi connectivity index (χ3v) is 5.06. The summed E-state index contributed by atoms with van der Waals surface area (Å²) < 4.78 is 0. The second-order valence-corrected chi connectivity index (χ2v) is 7.00. The highest BCUT2D eigenvalue weighted by molar-refractivity contribution is 7.08. The molecule has 2 heterocycles. The molecule has 132 valence electrons. The summed E-state index contributed by atoms with van der Waals surface area (Å²) >= 11 is 7.89. The van der Waals surface area contributed by atoms with Crippen molar-refractivity contribution in [3.05, 3.63) is 87.6 Å². The van der Waals surface area contributed by atoms with Gasteiger partial charge in [0.25, 0.3) is 5.91 Å². The molecule has 0 bridgehead atoms. The van der Waals surface area contributed by atoms with Gasteiger partial charge in [0.05, 0.1) is 23.0 Å². The first-order chi connectivity index (χ1) is 13.2. The summed E-state index contributed by atoms with van der Waals surface area (Å²) in [6, 6.07) is 18.6. The van der Waals surface area contributed by atoms with Gasteiger partial charge in [-0.2, -0.15) is 16.4 Å². The maximum Gasteiger partial charge on any atom is 0.272 e. The van der Waals surface area contributed by atoms with Crippen LogP contribution in [0, 0.1) is 0 Å². The molecule has 1 amide bonds. The van der Waals surface area contributed by atoms with Gasteiger partial charge in [0, 0.05) is 21.5 Å². The van der Waals surface area contributed by atoms with Crippen molar-refractivity contribution in [2.45, 2.75) is 0 Å². The number of fused-ring (bicyclic) bond motifs is 1. The first kappa shape index (κ1) is 17.4. The minimum Gasteiger partial charge on any atom is -0.267 e. The number of hydrogen-bond acceptors (Lipinski definition) is 4. The number of pyridine rings is 1. The molecule has 4 nitrogen and oxygen atoms in total. The normalized spacial score (nSPS) is 11.1. The number of amides is 1. The number of nitrogens with zero attached hydrogens (tertiary/aromatic N) is 2. The zero-order chi connectivity index (χ0) is 18.6. The summed E-state index contributed by atoms with van der Waals surface area (Å²) in [5, 5.41) is 9.30. The van der Waals surface area contributed by atoms with E-state index in [2.05, 4.69) is 15.5 Å². The number of rotatable bonds is 4. The fourth-order valence-electron chi connectivity index (χ4n) is 2.74. The summed E-state index contributed by atoms with van der Waals surface area (Å²) in [5.74, 6) is -0.298. The Balaban J connectivity index is 1.74. The van der Waals surface area contributed by atoms with Gasteiger partial charge in [0.2, 0.25) is 0 Å². The molecule has 0 spiro atoms. The van der Waals surface area contributed by atoms with Crippen molar-refractivity contribution in [2.75, 3.05) is 0 Å². The van der Waals surface area contributed by atoms with Crippen molar-refractivity contribution in [1.29, 1.82) is 0 Å². The molecule has 0 saturated heterocycles. The van der Waals surface area contributed by atoms with E-state index < -0.39 is 0 Å². The molecule has 0 unspecified atom stereocenters. The zero-order valence-electron chi connectivity index (χ0n) is 14.1. The number of halogens is 1. The van der Waals surface area contributed by atoms with Crippen LogP contribution >= 0.6 is 22.9 Å². The minimum atomic E-state index is -0.298. The average Bonchev–Trinajstić information content (AvgIpc) is 3.21. The van der Waals surface area contributed by atoms with E-state index in [0.29, 0.717) is 16.3 Å². The Labute approximate surface area is 165 Å². The number of para-hydroxylation sites is 1. The van der Waals surface area contributed by atoms with Gasteiger partial charge in [-0.1, -0.05) is 48.0 Å². The Hall–Kier alpha value is -3.02. The number of carbonyl (C=O) groups is 1. The molecule has 2 aromatic heterocycles. The number of benzene rings is 2. The second kappa shape index (κ2) is 7.70. The predicted octanol–water partition coefficient (Wildman–Crippen LogP) is 5.38. The fraction of sp³-hybridized carbons (Fsp3) is 0. The molecule has 0 saturated carbocycles. The number of hydrazone groups is 1. The van der Waals surface area contributed by atoms with Gasteiger partial charge >= 0.3 is 0 Å². The highest BCUT2D eigenvalue weighted by atomic mass is 35.5. The van der Waals surface area contributed by atoms with E-state index in [1.807, 2.05) is 59.3 Å². The third-order valence-electron chi connectivity index (χ3n) is 4.03. The van der Waals surface area contributed by atoms with Gasteiger partial charge in [-0.25, -0.2) is 10.4 Å². The van der Waals surface area contributed by atoms with Crippen LogP contribution in [0.3, 0.4) is 0 Å². The number of nitrogens with one attached hydrogen (secondary N) is 1. The van der Waals surface area contributed by atoms with Crippen molar-refractivity contribution < 1.29 is 4.79 Å². The highest BCUT2D eigenvalue weighted by Crippen LogP contribution is 2.29. The lowest BCUT2D eigenvalue weighted by atomic mass is 10.0. The van der Waals surface area contributed by atoms with Crippen molar-refractivity contribution in [2.24, 2.45) is 5.10 Å². The van der Waals surface area contributed by atoms with Crippen LogP contribution < -0.4 is 5.43 Å². The number of thiophene rings is 1. The molecule has 0 aliphatic heterocycles. The third kappa shape index (κ3) is 3.74. The molecule has 0 atom stereocenters. The molecule has 1 N–H and O–H groups in total. The van der Waals surface area contributed by atoms with Gasteiger partial charge in [-0.3, -0.25) is 4.79 Å². The van der Waals surface area contributed by atoms with Crippen LogP contribution in [-0.4, -0.2) is 17.1 Å². The maximum atomic E-state index is 12.8. The Morgan fingerprint density at radius 1 is 1.11 bits per heavy atom. The SMILES string of the molecule is O=C(N/N=C\c1ccsc1)c1cc(-c2ccccc2Cl)nc2ccccc12. The van der Waals surface area contributed by atoms with Crippen LogP contribution in [0.1, 0.15) is 15.9 Å². The monoisotopic (exact) mass is 391 g/mol. The van der Waals surface area contributed by atoms with Crippen LogP contribution in [0.4, 0.5) is 0 Å². The molecular formula is C21H14ClN3OS. The Morgan fingerprint density at radius 3 is 2.74 bits per heavy atom. The lowest BCUT2D eigenvalue weighted by Crippen LogP contribution is -2.18. The highest BCUT2D eigenvalue weighted by Gasteiger charge is 2.14. The topological polar surface area (TPSA) is 54.4 Å². The Morgan fingerprint density at radius 2 is 1.93 bits per heavy atom. The van der Waals surface area contributed by atoms with E-state index in [4.69, 9.17) is 11.6 Å². The van der Waals surface area contributed by atoms with Gasteiger partial charge < -0.3 is 0 Å².